The number of methoxy groups -OCH3 is 2. The fourth-order valence-corrected chi connectivity index (χ4v) is 5.79. The number of nitrogens with zero attached hydrogens (tertiary/aromatic N) is 2. The molecule has 2 atom stereocenters. The average molecular weight is 695 g/mol. The van der Waals surface area contributed by atoms with E-state index in [1.165, 1.54) is 0 Å². The van der Waals surface area contributed by atoms with Crippen molar-refractivity contribution >= 4 is 43.9 Å². The summed E-state index contributed by atoms with van der Waals surface area (Å²) in [5.41, 5.74) is -1.44. The van der Waals surface area contributed by atoms with Crippen molar-refractivity contribution in [3.05, 3.63) is 35.4 Å². The monoisotopic (exact) mass is 694 g/mol. The van der Waals surface area contributed by atoms with Gasteiger partial charge in [0.05, 0.1) is 27.3 Å². The molecule has 0 radical (unpaired) electrons. The molecule has 0 aliphatic carbocycles. The largest absolute Gasteiger partial charge is 0.506 e. The molecule has 0 bridgehead atoms. The third-order valence-corrected chi connectivity index (χ3v) is 8.14. The third-order valence-electron chi connectivity index (χ3n) is 6.41. The number of aromatic hydroxyl groups is 2. The molecule has 2 rings (SSSR count). The van der Waals surface area contributed by atoms with Gasteiger partial charge in [-0.05, 0) is 19.1 Å². The Morgan fingerprint density at radius 2 is 1.04 bits per heavy atom. The Balaban J connectivity index is 2.76. The SMILES string of the molecule is COc1cc(C(C(=O)O)N(CCN(CC(C)=O)[C@H](C(=O)O)c2cc(OC)cc(S(=O)(=O)O)c2O)CC(=O)O)c(O)c(S(=O)(=O)O)c1. The van der Waals surface area contributed by atoms with Crippen molar-refractivity contribution in [3.63, 3.8) is 0 Å². The fraction of sp³-hybridized carbons (Fsp3) is 0.360. The number of carboxylic acid groups (broad SMARTS) is 3. The number of phenols is 2. The first-order chi connectivity index (χ1) is 21.1. The molecule has 7 N–H and O–H groups in total. The second-order valence-corrected chi connectivity index (χ2v) is 12.4. The summed E-state index contributed by atoms with van der Waals surface area (Å²) in [6.07, 6.45) is 0. The van der Waals surface area contributed by atoms with E-state index in [1.54, 1.807) is 0 Å². The second kappa shape index (κ2) is 14.7. The van der Waals surface area contributed by atoms with Crippen LogP contribution in [0, 0.1) is 0 Å². The number of benzene rings is 2. The zero-order valence-electron chi connectivity index (χ0n) is 24.2. The molecule has 0 spiro atoms. The van der Waals surface area contributed by atoms with E-state index in [0.717, 1.165) is 38.2 Å². The predicted octanol–water partition coefficient (Wildman–Crippen LogP) is -0.162. The lowest BCUT2D eigenvalue weighted by molar-refractivity contribution is -0.149. The van der Waals surface area contributed by atoms with Gasteiger partial charge in [0.1, 0.15) is 50.7 Å². The van der Waals surface area contributed by atoms with Crippen LogP contribution < -0.4 is 9.47 Å². The molecule has 0 aromatic heterocycles. The van der Waals surface area contributed by atoms with Crippen molar-refractivity contribution in [3.8, 4) is 23.0 Å². The van der Waals surface area contributed by atoms with Crippen LogP contribution in [-0.4, -0.2) is 125 Å². The number of rotatable bonds is 17. The van der Waals surface area contributed by atoms with Crippen LogP contribution in [-0.2, 0) is 39.4 Å². The first-order valence-electron chi connectivity index (χ1n) is 12.6. The standard InChI is InChI=1S/C25H30N2O17S2/c1-12(28)10-26(20(24(33)34)15-6-13(43-2)8-17(22(15)31)45(37,38)39)4-5-27(11-19(29)30)21(25(35)36)16-7-14(44-3)9-18(23(16)32)46(40,41)42/h6-9,20-21,31-32H,4-5,10-11H2,1-3H3,(H,29,30)(H,33,34)(H,35,36)(H,37,38,39)(H,40,41,42)/t20-,21?/m0/s1. The molecular weight excluding hydrogens is 664 g/mol. The topological polar surface area (TPSA) is 303 Å². The highest BCUT2D eigenvalue weighted by molar-refractivity contribution is 7.86. The molecule has 0 aliphatic heterocycles. The molecule has 2 aromatic carbocycles. The van der Waals surface area contributed by atoms with Crippen molar-refractivity contribution in [2.45, 2.75) is 28.8 Å². The van der Waals surface area contributed by atoms with Crippen molar-refractivity contribution in [1.82, 2.24) is 9.80 Å². The van der Waals surface area contributed by atoms with Gasteiger partial charge in [0.25, 0.3) is 20.2 Å². The van der Waals surface area contributed by atoms with Crippen LogP contribution in [0.4, 0.5) is 0 Å². The van der Waals surface area contributed by atoms with Gasteiger partial charge in [-0.25, -0.2) is 0 Å². The number of carbonyl (C=O) groups is 4. The Kier molecular flexibility index (Phi) is 12.0. The van der Waals surface area contributed by atoms with Gasteiger partial charge in [-0.15, -0.1) is 0 Å². The van der Waals surface area contributed by atoms with Crippen molar-refractivity contribution in [2.75, 3.05) is 40.4 Å². The quantitative estimate of drug-likeness (QED) is 0.106. The van der Waals surface area contributed by atoms with Crippen LogP contribution in [0.5, 0.6) is 23.0 Å². The lowest BCUT2D eigenvalue weighted by Crippen LogP contribution is -2.45. The summed E-state index contributed by atoms with van der Waals surface area (Å²) in [7, 11) is -8.22. The molecule has 2 aromatic rings. The van der Waals surface area contributed by atoms with Crippen molar-refractivity contribution in [1.29, 1.82) is 0 Å². The number of carboxylic acids is 3. The maximum absolute atomic E-state index is 12.5. The summed E-state index contributed by atoms with van der Waals surface area (Å²) in [5, 5.41) is 51.1. The molecule has 19 nitrogen and oxygen atoms in total. The molecule has 0 fully saturated rings. The summed E-state index contributed by atoms with van der Waals surface area (Å²) < 4.78 is 76.5. The minimum Gasteiger partial charge on any atom is -0.506 e. The van der Waals surface area contributed by atoms with Gasteiger partial charge < -0.3 is 35.0 Å². The van der Waals surface area contributed by atoms with Crippen molar-refractivity contribution in [2.24, 2.45) is 0 Å². The van der Waals surface area contributed by atoms with Gasteiger partial charge >= 0.3 is 17.9 Å². The maximum atomic E-state index is 12.5. The number of ketones is 1. The third kappa shape index (κ3) is 9.02. The number of ether oxygens (including phenoxy) is 2. The molecule has 0 aliphatic rings. The van der Waals surface area contributed by atoms with Crippen molar-refractivity contribution < 1.29 is 80.1 Å². The van der Waals surface area contributed by atoms with Gasteiger partial charge in [-0.3, -0.25) is 38.1 Å². The lowest BCUT2D eigenvalue weighted by Gasteiger charge is -2.33. The zero-order valence-corrected chi connectivity index (χ0v) is 25.8. The normalized spacial score (nSPS) is 13.3. The van der Waals surface area contributed by atoms with Gasteiger partial charge in [0.2, 0.25) is 0 Å². The van der Waals surface area contributed by atoms with Crippen LogP contribution in [0.1, 0.15) is 30.1 Å². The molecule has 21 heteroatoms. The smallest absolute Gasteiger partial charge is 0.325 e. The van der Waals surface area contributed by atoms with E-state index in [0.29, 0.717) is 17.0 Å². The molecule has 0 heterocycles. The molecule has 254 valence electrons. The summed E-state index contributed by atoms with van der Waals surface area (Å²) in [5.74, 6) is -9.16. The summed E-state index contributed by atoms with van der Waals surface area (Å²) in [6, 6.07) is -1.17. The lowest BCUT2D eigenvalue weighted by atomic mass is 10.0. The van der Waals surface area contributed by atoms with Crippen LogP contribution in [0.25, 0.3) is 0 Å². The summed E-state index contributed by atoms with van der Waals surface area (Å²) in [4.78, 5) is 48.1. The van der Waals surface area contributed by atoms with Crippen LogP contribution in [0.2, 0.25) is 0 Å². The minimum absolute atomic E-state index is 0.337. The van der Waals surface area contributed by atoms with E-state index in [2.05, 4.69) is 0 Å². The Labute approximate surface area is 261 Å². The highest BCUT2D eigenvalue weighted by Crippen LogP contribution is 2.40. The molecule has 0 saturated heterocycles. The van der Waals surface area contributed by atoms with Crippen LogP contribution in [0.3, 0.4) is 0 Å². The highest BCUT2D eigenvalue weighted by Gasteiger charge is 2.37. The Hall–Kier alpha value is -4.54. The zero-order chi connectivity index (χ0) is 35.3. The Bertz CT molecular complexity index is 1610. The van der Waals surface area contributed by atoms with Crippen LogP contribution >= 0.6 is 0 Å². The molecular formula is C25H30N2O17S2. The number of hydrogen-bond acceptors (Lipinski definition) is 14. The number of aliphatic carboxylic acids is 3. The number of hydrogen-bond donors (Lipinski definition) is 7. The first-order valence-corrected chi connectivity index (χ1v) is 15.4. The average Bonchev–Trinajstić information content (AvgIpc) is 2.91. The van der Waals surface area contributed by atoms with E-state index in [1.807, 2.05) is 0 Å². The maximum Gasteiger partial charge on any atom is 0.325 e. The molecule has 46 heavy (non-hydrogen) atoms. The number of phenolic OH excluding ortho intramolecular Hbond substituents is 2. The minimum atomic E-state index is -5.17. The Morgan fingerprint density at radius 3 is 1.30 bits per heavy atom. The predicted molar refractivity (Wildman–Crippen MR) is 151 cm³/mol. The van der Waals surface area contributed by atoms with Gasteiger partial charge in [0.15, 0.2) is 0 Å². The van der Waals surface area contributed by atoms with E-state index >= 15 is 0 Å². The van der Waals surface area contributed by atoms with E-state index in [-0.39, 0.29) is 11.5 Å². The van der Waals surface area contributed by atoms with E-state index in [9.17, 15) is 70.7 Å². The van der Waals surface area contributed by atoms with Crippen LogP contribution in [0.15, 0.2) is 34.1 Å². The Morgan fingerprint density at radius 1 is 0.696 bits per heavy atom. The van der Waals surface area contributed by atoms with E-state index in [4.69, 9.17) is 9.47 Å². The van der Waals surface area contributed by atoms with Gasteiger partial charge in [-0.1, -0.05) is 0 Å². The molecule has 0 amide bonds. The number of Topliss-reactive ketones (excluding diaryl/α,β-unsaturated/α-hetero) is 1. The second-order valence-electron chi connectivity index (χ2n) is 9.60. The molecule has 1 unspecified atom stereocenters. The first kappa shape index (κ1) is 37.6. The fourth-order valence-electron chi connectivity index (χ4n) is 4.54. The van der Waals surface area contributed by atoms with Gasteiger partial charge in [-0.2, -0.15) is 16.8 Å². The highest BCUT2D eigenvalue weighted by atomic mass is 32.2. The number of carbonyl (C=O) groups excluding carboxylic acids is 1. The molecule has 0 saturated carbocycles. The van der Waals surface area contributed by atoms with Gasteiger partial charge in [0, 0.05) is 36.3 Å². The summed E-state index contributed by atoms with van der Waals surface area (Å²) in [6.45, 7) is -2.28. The summed E-state index contributed by atoms with van der Waals surface area (Å²) >= 11 is 0. The van der Waals surface area contributed by atoms with E-state index < -0.39 is 115 Å².